The van der Waals surface area contributed by atoms with E-state index in [1.54, 1.807) is 19.2 Å². The van der Waals surface area contributed by atoms with Gasteiger partial charge in [0.25, 0.3) is 0 Å². The standard InChI is InChI=1S/C14H21N3O2S/c1-4-16(2)20(18,19)12-7-5-11(6-8-12)13-9-10-14(15)17(13)3/h5-8,10,13H,4,9,15H2,1-3H3. The summed E-state index contributed by atoms with van der Waals surface area (Å²) in [7, 11) is 0.154. The van der Waals surface area contributed by atoms with E-state index in [-0.39, 0.29) is 6.04 Å². The Hall–Kier alpha value is -1.53. The van der Waals surface area contributed by atoms with Gasteiger partial charge in [-0.1, -0.05) is 19.1 Å². The van der Waals surface area contributed by atoms with Gasteiger partial charge in [-0.05, 0) is 30.2 Å². The Morgan fingerprint density at radius 1 is 1.35 bits per heavy atom. The van der Waals surface area contributed by atoms with Gasteiger partial charge in [-0.15, -0.1) is 0 Å². The molecular weight excluding hydrogens is 274 g/mol. The van der Waals surface area contributed by atoms with E-state index in [2.05, 4.69) is 0 Å². The van der Waals surface area contributed by atoms with E-state index in [9.17, 15) is 8.42 Å². The van der Waals surface area contributed by atoms with E-state index in [0.29, 0.717) is 11.4 Å². The summed E-state index contributed by atoms with van der Waals surface area (Å²) in [6.07, 6.45) is 2.84. The third-order valence-electron chi connectivity index (χ3n) is 3.84. The van der Waals surface area contributed by atoms with Crippen molar-refractivity contribution in [1.29, 1.82) is 0 Å². The fraction of sp³-hybridized carbons (Fsp3) is 0.429. The molecule has 0 aromatic heterocycles. The van der Waals surface area contributed by atoms with Crippen LogP contribution in [0.5, 0.6) is 0 Å². The first-order valence-corrected chi connectivity index (χ1v) is 8.06. The molecular formula is C14H21N3O2S. The Labute approximate surface area is 120 Å². The van der Waals surface area contributed by atoms with Gasteiger partial charge in [0.1, 0.15) is 0 Å². The molecule has 6 heteroatoms. The summed E-state index contributed by atoms with van der Waals surface area (Å²) < 4.78 is 25.7. The minimum absolute atomic E-state index is 0.190. The first kappa shape index (κ1) is 14.9. The lowest BCUT2D eigenvalue weighted by atomic mass is 10.1. The lowest BCUT2D eigenvalue weighted by molar-refractivity contribution is 0.339. The second-order valence-corrected chi connectivity index (χ2v) is 7.02. The van der Waals surface area contributed by atoms with E-state index >= 15 is 0 Å². The van der Waals surface area contributed by atoms with E-state index in [4.69, 9.17) is 5.73 Å². The highest BCUT2D eigenvalue weighted by atomic mass is 32.2. The van der Waals surface area contributed by atoms with Crippen molar-refractivity contribution in [2.75, 3.05) is 20.6 Å². The quantitative estimate of drug-likeness (QED) is 0.914. The van der Waals surface area contributed by atoms with Crippen LogP contribution in [-0.4, -0.2) is 38.3 Å². The van der Waals surface area contributed by atoms with Crippen molar-refractivity contribution in [3.8, 4) is 0 Å². The first-order valence-electron chi connectivity index (χ1n) is 6.62. The lowest BCUT2D eigenvalue weighted by Gasteiger charge is -2.24. The van der Waals surface area contributed by atoms with Crippen molar-refractivity contribution < 1.29 is 8.42 Å². The lowest BCUT2D eigenvalue weighted by Crippen LogP contribution is -2.26. The van der Waals surface area contributed by atoms with Crippen molar-refractivity contribution in [3.05, 3.63) is 41.7 Å². The average molecular weight is 295 g/mol. The molecule has 20 heavy (non-hydrogen) atoms. The summed E-state index contributed by atoms with van der Waals surface area (Å²) in [4.78, 5) is 2.33. The Morgan fingerprint density at radius 2 is 1.95 bits per heavy atom. The van der Waals surface area contributed by atoms with E-state index in [0.717, 1.165) is 17.8 Å². The maximum atomic E-state index is 12.2. The fourth-order valence-corrected chi connectivity index (χ4v) is 3.47. The molecule has 1 heterocycles. The summed E-state index contributed by atoms with van der Waals surface area (Å²) >= 11 is 0. The molecule has 0 fully saturated rings. The largest absolute Gasteiger partial charge is 0.386 e. The third-order valence-corrected chi connectivity index (χ3v) is 5.79. The SMILES string of the molecule is CCN(C)S(=O)(=O)c1ccc(C2CC=C(N)N2C)cc1. The topological polar surface area (TPSA) is 66.6 Å². The number of nitrogens with two attached hydrogens (primary N) is 1. The van der Waals surface area contributed by atoms with Gasteiger partial charge in [0.05, 0.1) is 16.8 Å². The number of hydrogen-bond donors (Lipinski definition) is 1. The van der Waals surface area contributed by atoms with Crippen molar-refractivity contribution in [1.82, 2.24) is 9.21 Å². The van der Waals surface area contributed by atoms with Crippen LogP contribution >= 0.6 is 0 Å². The zero-order valence-electron chi connectivity index (χ0n) is 12.1. The van der Waals surface area contributed by atoms with Crippen LogP contribution in [-0.2, 0) is 10.0 Å². The minimum Gasteiger partial charge on any atom is -0.386 e. The molecule has 1 aliphatic heterocycles. The Balaban J connectivity index is 2.24. The third kappa shape index (κ3) is 2.53. The molecule has 2 N–H and O–H groups in total. The molecule has 1 unspecified atom stereocenters. The van der Waals surface area contributed by atoms with Gasteiger partial charge in [-0.3, -0.25) is 0 Å². The van der Waals surface area contributed by atoms with Gasteiger partial charge in [-0.25, -0.2) is 12.7 Å². The highest BCUT2D eigenvalue weighted by Crippen LogP contribution is 2.31. The second kappa shape index (κ2) is 5.46. The smallest absolute Gasteiger partial charge is 0.242 e. The van der Waals surface area contributed by atoms with Crippen LogP contribution in [0.15, 0.2) is 41.1 Å². The molecule has 0 aliphatic carbocycles. The molecule has 0 amide bonds. The van der Waals surface area contributed by atoms with Crippen LogP contribution in [0.3, 0.4) is 0 Å². The molecule has 1 aliphatic rings. The summed E-state index contributed by atoms with van der Waals surface area (Å²) in [5, 5.41) is 0. The summed E-state index contributed by atoms with van der Waals surface area (Å²) in [5.41, 5.74) is 6.92. The molecule has 1 atom stereocenters. The van der Waals surface area contributed by atoms with Gasteiger partial charge in [-0.2, -0.15) is 0 Å². The number of hydrogen-bond acceptors (Lipinski definition) is 4. The van der Waals surface area contributed by atoms with Gasteiger partial charge >= 0.3 is 0 Å². The second-order valence-electron chi connectivity index (χ2n) is 4.98. The minimum atomic E-state index is -3.37. The summed E-state index contributed by atoms with van der Waals surface area (Å²) in [6.45, 7) is 2.27. The normalized spacial score (nSPS) is 19.5. The molecule has 1 aromatic carbocycles. The highest BCUT2D eigenvalue weighted by molar-refractivity contribution is 7.89. The number of sulfonamides is 1. The van der Waals surface area contributed by atoms with Crippen LogP contribution in [0.1, 0.15) is 24.9 Å². The maximum absolute atomic E-state index is 12.2. The van der Waals surface area contributed by atoms with Crippen LogP contribution < -0.4 is 5.73 Å². The molecule has 0 radical (unpaired) electrons. The van der Waals surface area contributed by atoms with Crippen LogP contribution in [0.2, 0.25) is 0 Å². The summed E-state index contributed by atoms with van der Waals surface area (Å²) in [5.74, 6) is 0.761. The zero-order valence-corrected chi connectivity index (χ0v) is 12.9. The first-order chi connectivity index (χ1) is 9.37. The zero-order chi connectivity index (χ0) is 14.9. The Morgan fingerprint density at radius 3 is 2.40 bits per heavy atom. The number of benzene rings is 1. The molecule has 2 rings (SSSR count). The van der Waals surface area contributed by atoms with Gasteiger partial charge in [0.2, 0.25) is 10.0 Å². The Bertz CT molecular complexity index is 608. The molecule has 0 saturated heterocycles. The maximum Gasteiger partial charge on any atom is 0.242 e. The van der Waals surface area contributed by atoms with Crippen LogP contribution in [0, 0.1) is 0 Å². The highest BCUT2D eigenvalue weighted by Gasteiger charge is 2.24. The van der Waals surface area contributed by atoms with Crippen molar-refractivity contribution in [3.63, 3.8) is 0 Å². The Kier molecular flexibility index (Phi) is 4.06. The fourth-order valence-electron chi connectivity index (χ4n) is 2.29. The number of nitrogens with zero attached hydrogens (tertiary/aromatic N) is 2. The molecule has 0 bridgehead atoms. The van der Waals surface area contributed by atoms with Gasteiger partial charge in [0, 0.05) is 20.6 Å². The molecule has 5 nitrogen and oxygen atoms in total. The van der Waals surface area contributed by atoms with Crippen molar-refractivity contribution in [2.24, 2.45) is 5.73 Å². The summed E-state index contributed by atoms with van der Waals surface area (Å²) in [6, 6.07) is 7.25. The molecule has 0 saturated carbocycles. The number of rotatable bonds is 4. The predicted molar refractivity (Wildman–Crippen MR) is 79.3 cm³/mol. The van der Waals surface area contributed by atoms with E-state index in [1.807, 2.05) is 37.1 Å². The van der Waals surface area contributed by atoms with E-state index in [1.165, 1.54) is 4.31 Å². The average Bonchev–Trinajstić information content (AvgIpc) is 2.78. The molecule has 110 valence electrons. The molecule has 0 spiro atoms. The predicted octanol–water partition coefficient (Wildman–Crippen LogP) is 1.50. The van der Waals surface area contributed by atoms with Crippen molar-refractivity contribution >= 4 is 10.0 Å². The van der Waals surface area contributed by atoms with Crippen molar-refractivity contribution in [2.45, 2.75) is 24.3 Å². The van der Waals surface area contributed by atoms with Gasteiger partial charge in [0.15, 0.2) is 0 Å². The molecule has 1 aromatic rings. The van der Waals surface area contributed by atoms with Crippen LogP contribution in [0.4, 0.5) is 0 Å². The van der Waals surface area contributed by atoms with Crippen LogP contribution in [0.25, 0.3) is 0 Å². The van der Waals surface area contributed by atoms with Gasteiger partial charge < -0.3 is 10.6 Å². The van der Waals surface area contributed by atoms with E-state index < -0.39 is 10.0 Å². The monoisotopic (exact) mass is 295 g/mol.